The van der Waals surface area contributed by atoms with E-state index in [9.17, 15) is 0 Å². The van der Waals surface area contributed by atoms with Crippen LogP contribution in [0.5, 0.6) is 0 Å². The van der Waals surface area contributed by atoms with Crippen LogP contribution in [0.25, 0.3) is 75.1 Å². The molecule has 1 nitrogen and oxygen atoms in total. The van der Waals surface area contributed by atoms with E-state index in [1.54, 1.807) is 0 Å². The topological polar surface area (TPSA) is 3.24 Å². The van der Waals surface area contributed by atoms with Crippen LogP contribution in [0.15, 0.2) is 200 Å². The molecule has 244 valence electrons. The minimum Gasteiger partial charge on any atom is -0.309 e. The SMILES string of the molecule is c1ccc(-c2ccccc2N(c2ccc(-c3cccc4c3sc3ccccc34)cc2)c2c(-c3ccccc3)c3ccccc3c3ccccc23)cc1. The third kappa shape index (κ3) is 4.99. The van der Waals surface area contributed by atoms with Crippen molar-refractivity contribution in [2.24, 2.45) is 0 Å². The van der Waals surface area contributed by atoms with Crippen molar-refractivity contribution in [3.8, 4) is 33.4 Å². The van der Waals surface area contributed by atoms with E-state index in [4.69, 9.17) is 0 Å². The normalized spacial score (nSPS) is 11.5. The lowest BCUT2D eigenvalue weighted by Gasteiger charge is -2.32. The zero-order chi connectivity index (χ0) is 34.4. The Kier molecular flexibility index (Phi) is 7.41. The van der Waals surface area contributed by atoms with Gasteiger partial charge in [0.2, 0.25) is 0 Å². The average molecular weight is 680 g/mol. The molecule has 0 unspecified atom stereocenters. The molecule has 2 heteroatoms. The van der Waals surface area contributed by atoms with Crippen molar-refractivity contribution in [2.75, 3.05) is 4.90 Å². The second-order valence-electron chi connectivity index (χ2n) is 13.2. The molecule has 0 saturated carbocycles. The Morgan fingerprint density at radius 2 is 0.846 bits per heavy atom. The summed E-state index contributed by atoms with van der Waals surface area (Å²) in [6.45, 7) is 0. The maximum atomic E-state index is 2.50. The Balaban J connectivity index is 1.27. The lowest BCUT2D eigenvalue weighted by atomic mass is 9.89. The highest BCUT2D eigenvalue weighted by atomic mass is 32.1. The second-order valence-corrected chi connectivity index (χ2v) is 14.3. The smallest absolute Gasteiger partial charge is 0.0625 e. The van der Waals surface area contributed by atoms with Gasteiger partial charge in [-0.05, 0) is 62.7 Å². The number of nitrogens with zero attached hydrogens (tertiary/aromatic N) is 1. The third-order valence-electron chi connectivity index (χ3n) is 10.3. The number of hydrogen-bond acceptors (Lipinski definition) is 2. The summed E-state index contributed by atoms with van der Waals surface area (Å²) in [6, 6.07) is 72.9. The van der Waals surface area contributed by atoms with E-state index >= 15 is 0 Å². The van der Waals surface area contributed by atoms with E-state index in [-0.39, 0.29) is 0 Å². The zero-order valence-electron chi connectivity index (χ0n) is 28.4. The largest absolute Gasteiger partial charge is 0.309 e. The number of para-hydroxylation sites is 1. The number of rotatable bonds is 6. The van der Waals surface area contributed by atoms with E-state index in [1.807, 2.05) is 11.3 Å². The van der Waals surface area contributed by atoms with Crippen LogP contribution in [0, 0.1) is 0 Å². The molecule has 0 fully saturated rings. The van der Waals surface area contributed by atoms with Gasteiger partial charge in [-0.2, -0.15) is 0 Å². The molecule has 0 bridgehead atoms. The van der Waals surface area contributed by atoms with Crippen molar-refractivity contribution in [1.29, 1.82) is 0 Å². The van der Waals surface area contributed by atoms with Gasteiger partial charge >= 0.3 is 0 Å². The van der Waals surface area contributed by atoms with Gasteiger partial charge in [0.15, 0.2) is 0 Å². The molecule has 1 heterocycles. The Morgan fingerprint density at radius 1 is 0.327 bits per heavy atom. The molecule has 0 aliphatic carbocycles. The minimum absolute atomic E-state index is 1.10. The van der Waals surface area contributed by atoms with E-state index in [0.29, 0.717) is 0 Å². The Morgan fingerprint density at radius 3 is 1.60 bits per heavy atom. The van der Waals surface area contributed by atoms with E-state index in [2.05, 4.69) is 205 Å². The third-order valence-corrected chi connectivity index (χ3v) is 11.5. The molecule has 0 spiro atoms. The van der Waals surface area contributed by atoms with Gasteiger partial charge in [-0.15, -0.1) is 11.3 Å². The minimum atomic E-state index is 1.10. The van der Waals surface area contributed by atoms with Crippen molar-refractivity contribution in [3.63, 3.8) is 0 Å². The molecule has 9 aromatic carbocycles. The molecule has 0 amide bonds. The van der Waals surface area contributed by atoms with Crippen LogP contribution in [0.4, 0.5) is 17.1 Å². The number of anilines is 3. The fourth-order valence-corrected chi connectivity index (χ4v) is 9.17. The van der Waals surface area contributed by atoms with Crippen LogP contribution in [-0.2, 0) is 0 Å². The molecular weight excluding hydrogens is 647 g/mol. The molecule has 0 aliphatic rings. The fourth-order valence-electron chi connectivity index (χ4n) is 7.94. The summed E-state index contributed by atoms with van der Waals surface area (Å²) < 4.78 is 2.65. The lowest BCUT2D eigenvalue weighted by Crippen LogP contribution is -2.13. The van der Waals surface area contributed by atoms with E-state index in [1.165, 1.54) is 80.8 Å². The maximum absolute atomic E-state index is 2.50. The highest BCUT2D eigenvalue weighted by Crippen LogP contribution is 2.51. The van der Waals surface area contributed by atoms with Crippen molar-refractivity contribution in [3.05, 3.63) is 200 Å². The number of hydrogen-bond donors (Lipinski definition) is 0. The predicted octanol–water partition coefficient (Wildman–Crippen LogP) is 14.8. The van der Waals surface area contributed by atoms with Crippen LogP contribution >= 0.6 is 11.3 Å². The molecule has 10 rings (SSSR count). The molecule has 52 heavy (non-hydrogen) atoms. The van der Waals surface area contributed by atoms with Gasteiger partial charge in [0.05, 0.1) is 11.4 Å². The molecule has 1 aromatic heterocycles. The van der Waals surface area contributed by atoms with Crippen LogP contribution in [-0.4, -0.2) is 0 Å². The summed E-state index contributed by atoms with van der Waals surface area (Å²) in [5.74, 6) is 0. The molecule has 0 N–H and O–H groups in total. The monoisotopic (exact) mass is 679 g/mol. The average Bonchev–Trinajstić information content (AvgIpc) is 3.61. The van der Waals surface area contributed by atoms with Gasteiger partial charge in [0.25, 0.3) is 0 Å². The first-order chi connectivity index (χ1) is 25.8. The maximum Gasteiger partial charge on any atom is 0.0625 e. The zero-order valence-corrected chi connectivity index (χ0v) is 29.2. The van der Waals surface area contributed by atoms with Gasteiger partial charge in [-0.25, -0.2) is 0 Å². The fraction of sp³-hybridized carbons (Fsp3) is 0. The molecule has 0 radical (unpaired) electrons. The first-order valence-corrected chi connectivity index (χ1v) is 18.6. The molecule has 0 aliphatic heterocycles. The first-order valence-electron chi connectivity index (χ1n) is 17.8. The van der Waals surface area contributed by atoms with Crippen molar-refractivity contribution >= 4 is 70.1 Å². The summed E-state index contributed by atoms with van der Waals surface area (Å²) in [7, 11) is 0. The lowest BCUT2D eigenvalue weighted by molar-refractivity contribution is 1.30. The molecular formula is C50H33NS. The van der Waals surface area contributed by atoms with Gasteiger partial charge in [0.1, 0.15) is 0 Å². The van der Waals surface area contributed by atoms with Gasteiger partial charge in [0, 0.05) is 42.4 Å². The Hall–Kier alpha value is -6.48. The summed E-state index contributed by atoms with van der Waals surface area (Å²) in [4.78, 5) is 2.50. The second kappa shape index (κ2) is 12.7. The molecule has 10 aromatic rings. The van der Waals surface area contributed by atoms with Crippen molar-refractivity contribution < 1.29 is 0 Å². The van der Waals surface area contributed by atoms with Crippen molar-refractivity contribution in [2.45, 2.75) is 0 Å². The Labute approximate surface area is 307 Å². The summed E-state index contributed by atoms with van der Waals surface area (Å²) in [5, 5.41) is 7.57. The summed E-state index contributed by atoms with van der Waals surface area (Å²) in [6.07, 6.45) is 0. The van der Waals surface area contributed by atoms with Crippen LogP contribution in [0.3, 0.4) is 0 Å². The van der Waals surface area contributed by atoms with Gasteiger partial charge < -0.3 is 4.90 Å². The predicted molar refractivity (Wildman–Crippen MR) is 225 cm³/mol. The van der Waals surface area contributed by atoms with E-state index < -0.39 is 0 Å². The van der Waals surface area contributed by atoms with Gasteiger partial charge in [-0.1, -0.05) is 176 Å². The molecule has 0 saturated heterocycles. The van der Waals surface area contributed by atoms with Crippen molar-refractivity contribution in [1.82, 2.24) is 0 Å². The summed E-state index contributed by atoms with van der Waals surface area (Å²) in [5.41, 5.74) is 10.7. The Bertz CT molecular complexity index is 2890. The number of fused-ring (bicyclic) bond motifs is 6. The van der Waals surface area contributed by atoms with Crippen LogP contribution in [0.1, 0.15) is 0 Å². The van der Waals surface area contributed by atoms with Crippen LogP contribution in [0.2, 0.25) is 0 Å². The standard InChI is InChI=1S/C50H33NS/c1-3-16-34(17-4-1)38-20-11-13-28-46(38)51(37-32-30-35(31-33-37)39-26-15-27-45-42-23-12-14-29-47(42)52-50(39)45)49-44-25-10-8-22-41(44)40-21-7-9-24-43(40)48(49)36-18-5-2-6-19-36/h1-33H. The molecule has 0 atom stereocenters. The quantitative estimate of drug-likeness (QED) is 0.158. The summed E-state index contributed by atoms with van der Waals surface area (Å²) >= 11 is 1.88. The highest BCUT2D eigenvalue weighted by Gasteiger charge is 2.25. The number of benzene rings is 9. The first kappa shape index (κ1) is 30.4. The highest BCUT2D eigenvalue weighted by molar-refractivity contribution is 7.26. The van der Waals surface area contributed by atoms with Crippen LogP contribution < -0.4 is 4.90 Å². The van der Waals surface area contributed by atoms with Gasteiger partial charge in [-0.3, -0.25) is 0 Å². The van der Waals surface area contributed by atoms with E-state index in [0.717, 1.165) is 11.4 Å². The number of thiophene rings is 1.